The highest BCUT2D eigenvalue weighted by atomic mass is 16.5. The van der Waals surface area contributed by atoms with Crippen molar-refractivity contribution in [2.45, 2.75) is 50.5 Å². The van der Waals surface area contributed by atoms with E-state index in [9.17, 15) is 4.79 Å². The fourth-order valence-corrected chi connectivity index (χ4v) is 4.40. The van der Waals surface area contributed by atoms with Gasteiger partial charge < -0.3 is 10.1 Å². The van der Waals surface area contributed by atoms with E-state index in [0.29, 0.717) is 13.2 Å². The molecule has 1 saturated heterocycles. The zero-order chi connectivity index (χ0) is 18.0. The van der Waals surface area contributed by atoms with Crippen LogP contribution < -0.4 is 5.32 Å². The number of ether oxygens (including phenoxy) is 1. The van der Waals surface area contributed by atoms with Crippen LogP contribution in [0.3, 0.4) is 0 Å². The lowest BCUT2D eigenvalue weighted by molar-refractivity contribution is -0.131. The van der Waals surface area contributed by atoms with Crippen LogP contribution in [0.5, 0.6) is 0 Å². The topological polar surface area (TPSA) is 38.3 Å². The Morgan fingerprint density at radius 3 is 2.54 bits per heavy atom. The Morgan fingerprint density at radius 1 is 1.04 bits per heavy atom. The van der Waals surface area contributed by atoms with Gasteiger partial charge in [-0.05, 0) is 61.3 Å². The lowest BCUT2D eigenvalue weighted by Crippen LogP contribution is -2.48. The van der Waals surface area contributed by atoms with Crippen molar-refractivity contribution < 1.29 is 9.53 Å². The van der Waals surface area contributed by atoms with E-state index in [-0.39, 0.29) is 11.9 Å². The smallest absolute Gasteiger partial charge is 0.231 e. The molecule has 0 saturated carbocycles. The zero-order valence-corrected chi connectivity index (χ0v) is 15.5. The summed E-state index contributed by atoms with van der Waals surface area (Å²) in [5.74, 6) is 0.125. The molecule has 0 spiro atoms. The molecular weight excluding hydrogens is 322 g/mol. The molecule has 1 aliphatic carbocycles. The summed E-state index contributed by atoms with van der Waals surface area (Å²) in [5, 5.41) is 3.30. The third-order valence-electron chi connectivity index (χ3n) is 6.08. The number of carbonyl (C=O) groups is 1. The minimum atomic E-state index is -0.482. The maximum atomic E-state index is 13.4. The fraction of sp³-hybridized carbons (Fsp3) is 0.435. The molecule has 2 aromatic rings. The lowest BCUT2D eigenvalue weighted by atomic mass is 9.73. The average Bonchev–Trinajstić information content (AvgIpc) is 3.17. The number of aryl methyl sites for hydroxylation is 2. The maximum absolute atomic E-state index is 13.4. The minimum Gasteiger partial charge on any atom is -0.381 e. The number of amides is 1. The van der Waals surface area contributed by atoms with Crippen LogP contribution in [0.4, 0.5) is 0 Å². The van der Waals surface area contributed by atoms with E-state index in [2.05, 4.69) is 42.6 Å². The van der Waals surface area contributed by atoms with E-state index in [1.165, 1.54) is 29.5 Å². The summed E-state index contributed by atoms with van der Waals surface area (Å²) in [4.78, 5) is 13.4. The molecule has 136 valence electrons. The highest BCUT2D eigenvalue weighted by Crippen LogP contribution is 2.36. The third kappa shape index (κ3) is 3.16. The van der Waals surface area contributed by atoms with Crippen LogP contribution in [-0.4, -0.2) is 19.1 Å². The van der Waals surface area contributed by atoms with Gasteiger partial charge in [0.05, 0.1) is 11.5 Å². The molecule has 1 heterocycles. The van der Waals surface area contributed by atoms with E-state index >= 15 is 0 Å². The molecule has 3 nitrogen and oxygen atoms in total. The van der Waals surface area contributed by atoms with Gasteiger partial charge in [-0.3, -0.25) is 4.79 Å². The molecule has 2 aliphatic rings. The molecule has 3 heteroatoms. The second-order valence-corrected chi connectivity index (χ2v) is 7.64. The van der Waals surface area contributed by atoms with Gasteiger partial charge in [-0.25, -0.2) is 0 Å². The van der Waals surface area contributed by atoms with E-state index < -0.39 is 5.41 Å². The summed E-state index contributed by atoms with van der Waals surface area (Å²) in [6.07, 6.45) is 5.07. The van der Waals surface area contributed by atoms with Gasteiger partial charge in [-0.2, -0.15) is 0 Å². The highest BCUT2D eigenvalue weighted by Gasteiger charge is 2.42. The zero-order valence-electron chi connectivity index (χ0n) is 15.5. The summed E-state index contributed by atoms with van der Waals surface area (Å²) in [7, 11) is 0. The SMILES string of the molecule is CC(NC(=O)C1(c2ccccc2)CCOCC1)c1ccc2c(c1)CCC2. The normalized spacial score (nSPS) is 19.6. The number of rotatable bonds is 4. The van der Waals surface area contributed by atoms with Gasteiger partial charge in [0.1, 0.15) is 0 Å². The van der Waals surface area contributed by atoms with Crippen LogP contribution in [0.25, 0.3) is 0 Å². The molecular formula is C23H27NO2. The predicted molar refractivity (Wildman–Crippen MR) is 103 cm³/mol. The number of carbonyl (C=O) groups excluding carboxylic acids is 1. The molecule has 1 atom stereocenters. The van der Waals surface area contributed by atoms with Crippen LogP contribution in [0, 0.1) is 0 Å². The quantitative estimate of drug-likeness (QED) is 0.902. The molecule has 26 heavy (non-hydrogen) atoms. The summed E-state index contributed by atoms with van der Waals surface area (Å²) in [5.41, 5.74) is 4.74. The number of hydrogen-bond donors (Lipinski definition) is 1. The fourth-order valence-electron chi connectivity index (χ4n) is 4.40. The Balaban J connectivity index is 1.56. The first-order valence-corrected chi connectivity index (χ1v) is 9.75. The second kappa shape index (κ2) is 7.24. The van der Waals surface area contributed by atoms with Crippen LogP contribution in [0.2, 0.25) is 0 Å². The Hall–Kier alpha value is -2.13. The Kier molecular flexibility index (Phi) is 4.82. The van der Waals surface area contributed by atoms with Gasteiger partial charge in [0, 0.05) is 13.2 Å². The number of nitrogens with one attached hydrogen (secondary N) is 1. The van der Waals surface area contributed by atoms with Gasteiger partial charge in [0.25, 0.3) is 0 Å². The van der Waals surface area contributed by atoms with Gasteiger partial charge in [-0.1, -0.05) is 48.5 Å². The van der Waals surface area contributed by atoms with Gasteiger partial charge >= 0.3 is 0 Å². The van der Waals surface area contributed by atoms with Crippen molar-refractivity contribution in [3.8, 4) is 0 Å². The van der Waals surface area contributed by atoms with Crippen molar-refractivity contribution >= 4 is 5.91 Å². The monoisotopic (exact) mass is 349 g/mol. The number of hydrogen-bond acceptors (Lipinski definition) is 2. The van der Waals surface area contributed by atoms with Crippen molar-refractivity contribution in [3.05, 3.63) is 70.8 Å². The molecule has 0 aromatic heterocycles. The number of benzene rings is 2. The first-order valence-electron chi connectivity index (χ1n) is 9.75. The Morgan fingerprint density at radius 2 is 1.77 bits per heavy atom. The molecule has 1 amide bonds. The molecule has 0 bridgehead atoms. The van der Waals surface area contributed by atoms with E-state index in [1.807, 2.05) is 18.2 Å². The van der Waals surface area contributed by atoms with E-state index in [0.717, 1.165) is 24.8 Å². The van der Waals surface area contributed by atoms with Crippen molar-refractivity contribution in [2.24, 2.45) is 0 Å². The Labute approximate surface area is 155 Å². The van der Waals surface area contributed by atoms with Crippen molar-refractivity contribution in [1.29, 1.82) is 0 Å². The van der Waals surface area contributed by atoms with Gasteiger partial charge in [0.15, 0.2) is 0 Å². The summed E-state index contributed by atoms with van der Waals surface area (Å²) in [6.45, 7) is 3.36. The highest BCUT2D eigenvalue weighted by molar-refractivity contribution is 5.88. The first kappa shape index (κ1) is 17.3. The summed E-state index contributed by atoms with van der Waals surface area (Å²) >= 11 is 0. The van der Waals surface area contributed by atoms with Crippen LogP contribution in [0.1, 0.15) is 54.5 Å². The molecule has 1 fully saturated rings. The van der Waals surface area contributed by atoms with Crippen LogP contribution in [0.15, 0.2) is 48.5 Å². The largest absolute Gasteiger partial charge is 0.381 e. The predicted octanol–water partition coefficient (Wildman–Crippen LogP) is 4.10. The van der Waals surface area contributed by atoms with E-state index in [4.69, 9.17) is 4.74 Å². The van der Waals surface area contributed by atoms with Crippen molar-refractivity contribution in [1.82, 2.24) is 5.32 Å². The maximum Gasteiger partial charge on any atom is 0.231 e. The standard InChI is InChI=1S/C23H27NO2/c1-17(19-11-10-18-6-5-7-20(18)16-19)24-22(25)23(12-14-26-15-13-23)21-8-3-2-4-9-21/h2-4,8-11,16-17H,5-7,12-15H2,1H3,(H,24,25). The Bertz CT molecular complexity index is 778. The molecule has 1 aliphatic heterocycles. The first-order chi connectivity index (χ1) is 12.7. The summed E-state index contributed by atoms with van der Waals surface area (Å²) < 4.78 is 5.56. The van der Waals surface area contributed by atoms with Gasteiger partial charge in [0.2, 0.25) is 5.91 Å². The number of fused-ring (bicyclic) bond motifs is 1. The average molecular weight is 349 g/mol. The van der Waals surface area contributed by atoms with Crippen LogP contribution in [-0.2, 0) is 27.8 Å². The molecule has 0 radical (unpaired) electrons. The summed E-state index contributed by atoms with van der Waals surface area (Å²) in [6, 6.07) is 16.9. The van der Waals surface area contributed by atoms with E-state index in [1.54, 1.807) is 0 Å². The lowest BCUT2D eigenvalue weighted by Gasteiger charge is -2.37. The molecule has 4 rings (SSSR count). The second-order valence-electron chi connectivity index (χ2n) is 7.64. The molecule has 1 unspecified atom stereocenters. The van der Waals surface area contributed by atoms with Crippen LogP contribution >= 0.6 is 0 Å². The minimum absolute atomic E-state index is 0.0110. The molecule has 1 N–H and O–H groups in total. The van der Waals surface area contributed by atoms with Crippen molar-refractivity contribution in [2.75, 3.05) is 13.2 Å². The molecule has 2 aromatic carbocycles. The van der Waals surface area contributed by atoms with Gasteiger partial charge in [-0.15, -0.1) is 0 Å². The third-order valence-corrected chi connectivity index (χ3v) is 6.08. The van der Waals surface area contributed by atoms with Crippen molar-refractivity contribution in [3.63, 3.8) is 0 Å².